The number of nitrogens with one attached hydrogen (secondary N) is 2. The van der Waals surface area contributed by atoms with E-state index < -0.39 is 29.6 Å². The van der Waals surface area contributed by atoms with Crippen LogP contribution in [0.25, 0.3) is 0 Å². The Morgan fingerprint density at radius 1 is 0.734 bits per heavy atom. The van der Waals surface area contributed by atoms with E-state index in [9.17, 15) is 42.7 Å². The Kier molecular flexibility index (Phi) is 15.7. The molecule has 8 rings (SSSR count). The fourth-order valence-electron chi connectivity index (χ4n) is 7.86. The third-order valence-electron chi connectivity index (χ3n) is 11.3. The summed E-state index contributed by atoms with van der Waals surface area (Å²) in [6, 6.07) is 6.79. The van der Waals surface area contributed by atoms with Gasteiger partial charge in [-0.25, -0.2) is 18.4 Å². The van der Waals surface area contributed by atoms with Gasteiger partial charge in [0, 0.05) is 49.6 Å². The van der Waals surface area contributed by atoms with E-state index in [1.165, 1.54) is 54.5 Å². The van der Waals surface area contributed by atoms with Crippen molar-refractivity contribution in [1.29, 1.82) is 0 Å². The maximum atomic E-state index is 13.4. The summed E-state index contributed by atoms with van der Waals surface area (Å²) in [5.74, 6) is -3.55. The zero-order chi connectivity index (χ0) is 45.9. The maximum Gasteiger partial charge on any atom is 0.322 e. The Morgan fingerprint density at radius 2 is 1.14 bits per heavy atom. The summed E-state index contributed by atoms with van der Waals surface area (Å²) in [5.41, 5.74) is 7.78. The van der Waals surface area contributed by atoms with Crippen LogP contribution in [0.5, 0.6) is 0 Å². The van der Waals surface area contributed by atoms with Crippen molar-refractivity contribution in [2.45, 2.75) is 85.7 Å². The number of benzene rings is 2. The van der Waals surface area contributed by atoms with Gasteiger partial charge in [0.25, 0.3) is 0 Å². The van der Waals surface area contributed by atoms with E-state index in [4.69, 9.17) is 23.2 Å². The van der Waals surface area contributed by atoms with E-state index in [2.05, 4.69) is 26.6 Å². The average molecular weight is 931 g/mol. The first kappa shape index (κ1) is 48.9. The van der Waals surface area contributed by atoms with Crippen LogP contribution >= 0.6 is 23.2 Å². The predicted octanol–water partition coefficient (Wildman–Crippen LogP) is 6.20. The van der Waals surface area contributed by atoms with Crippen LogP contribution in [0.15, 0.2) is 48.8 Å². The highest BCUT2D eigenvalue weighted by Crippen LogP contribution is 2.34. The van der Waals surface area contributed by atoms with E-state index in [0.717, 1.165) is 5.69 Å². The highest BCUT2D eigenvalue weighted by Gasteiger charge is 2.40. The number of fused-ring (bicyclic) bond motifs is 2. The average Bonchev–Trinajstić information content (AvgIpc) is 4.05. The second-order valence-electron chi connectivity index (χ2n) is 15.4. The van der Waals surface area contributed by atoms with Crippen molar-refractivity contribution in [1.82, 2.24) is 29.4 Å². The number of hydrogen-bond donors (Lipinski definition) is 4. The molecule has 5 N–H and O–H groups in total. The molecule has 2 fully saturated rings. The van der Waals surface area contributed by atoms with Crippen molar-refractivity contribution in [2.24, 2.45) is 17.6 Å². The molecular formula is C42H51Cl2F2N11O7. The third kappa shape index (κ3) is 10.3. The number of rotatable bonds is 7. The first-order valence-corrected chi connectivity index (χ1v) is 20.9. The Balaban J connectivity index is 0.000000229. The van der Waals surface area contributed by atoms with Crippen molar-refractivity contribution in [3.8, 4) is 0 Å². The first-order chi connectivity index (χ1) is 30.0. The molecule has 0 saturated carbocycles. The summed E-state index contributed by atoms with van der Waals surface area (Å²) in [4.78, 5) is 80.2. The van der Waals surface area contributed by atoms with Crippen LogP contribution in [0, 0.1) is 23.5 Å². The lowest BCUT2D eigenvalue weighted by molar-refractivity contribution is -0.141. The zero-order valence-corrected chi connectivity index (χ0v) is 36.4. The fourth-order valence-corrected chi connectivity index (χ4v) is 8.22. The van der Waals surface area contributed by atoms with Crippen molar-refractivity contribution in [2.75, 3.05) is 40.6 Å². The number of carboxylic acids is 1. The lowest BCUT2D eigenvalue weighted by atomic mass is 10.0. The molecule has 0 bridgehead atoms. The summed E-state index contributed by atoms with van der Waals surface area (Å²) >= 11 is 11.6. The SMILES string of the molecule is C.CCC(=O)C1CC(=O)N(c2cnn3c2CN(C(=O)Nc2ccc(F)c(Cl)c2)[C@@H](C)C3)C1.CN.C[C@H]1Cn2ncc(N3CC(C(=O)O)CC3=O)c2CN1C(=O)Nc1ccc(F)c(Cl)c1. The van der Waals surface area contributed by atoms with E-state index in [1.807, 2.05) is 13.8 Å². The molecule has 2 aromatic carbocycles. The van der Waals surface area contributed by atoms with E-state index in [1.54, 1.807) is 37.2 Å². The zero-order valence-electron chi connectivity index (χ0n) is 34.9. The highest BCUT2D eigenvalue weighted by molar-refractivity contribution is 6.31. The van der Waals surface area contributed by atoms with Crippen LogP contribution in [0.4, 0.5) is 41.1 Å². The van der Waals surface area contributed by atoms with Gasteiger partial charge in [-0.05, 0) is 57.3 Å². The lowest BCUT2D eigenvalue weighted by Gasteiger charge is -2.35. The molecule has 6 amide bonds. The van der Waals surface area contributed by atoms with Crippen LogP contribution in [0.3, 0.4) is 0 Å². The molecule has 64 heavy (non-hydrogen) atoms. The summed E-state index contributed by atoms with van der Waals surface area (Å²) in [6.45, 7) is 7.27. The van der Waals surface area contributed by atoms with Crippen molar-refractivity contribution < 1.29 is 42.7 Å². The molecule has 2 aromatic heterocycles. The molecule has 4 aromatic rings. The van der Waals surface area contributed by atoms with Crippen LogP contribution in [0.1, 0.15) is 58.8 Å². The van der Waals surface area contributed by atoms with Gasteiger partial charge in [0.05, 0.1) is 89.4 Å². The molecule has 18 nitrogen and oxygen atoms in total. The Bertz CT molecular complexity index is 2430. The Morgan fingerprint density at radius 3 is 1.52 bits per heavy atom. The molecule has 2 unspecified atom stereocenters. The number of carbonyl (C=O) groups excluding carboxylic acids is 5. The molecule has 2 saturated heterocycles. The number of anilines is 4. The number of urea groups is 2. The molecule has 22 heteroatoms. The number of aliphatic carboxylic acids is 1. The molecule has 6 heterocycles. The van der Waals surface area contributed by atoms with Crippen LogP contribution in [0.2, 0.25) is 10.0 Å². The second kappa shape index (κ2) is 20.6. The number of hydrogen-bond acceptors (Lipinski definition) is 9. The van der Waals surface area contributed by atoms with Gasteiger partial charge < -0.3 is 41.1 Å². The van der Waals surface area contributed by atoms with Gasteiger partial charge in [0.2, 0.25) is 11.8 Å². The van der Waals surface area contributed by atoms with E-state index in [-0.39, 0.29) is 91.6 Å². The summed E-state index contributed by atoms with van der Waals surface area (Å²) in [7, 11) is 1.50. The minimum absolute atomic E-state index is 0. The number of nitrogens with zero attached hydrogens (tertiary/aromatic N) is 8. The monoisotopic (exact) mass is 929 g/mol. The van der Waals surface area contributed by atoms with Gasteiger partial charge in [-0.15, -0.1) is 0 Å². The van der Waals surface area contributed by atoms with Crippen molar-refractivity contribution >= 4 is 81.6 Å². The minimum Gasteiger partial charge on any atom is -0.481 e. The molecule has 0 aliphatic carbocycles. The topological polar surface area (TPSA) is 221 Å². The number of nitrogens with two attached hydrogens (primary N) is 1. The second-order valence-corrected chi connectivity index (χ2v) is 16.2. The molecule has 0 radical (unpaired) electrons. The normalized spacial score (nSPS) is 20.0. The maximum absolute atomic E-state index is 13.4. The first-order valence-electron chi connectivity index (χ1n) is 20.1. The minimum atomic E-state index is -1.01. The number of carboxylic acid groups (broad SMARTS) is 1. The van der Waals surface area contributed by atoms with Crippen LogP contribution < -0.4 is 26.2 Å². The van der Waals surface area contributed by atoms with Crippen molar-refractivity contribution in [3.05, 3.63) is 81.9 Å². The molecule has 0 spiro atoms. The van der Waals surface area contributed by atoms with Gasteiger partial charge in [0.15, 0.2) is 0 Å². The van der Waals surface area contributed by atoms with Gasteiger partial charge in [-0.1, -0.05) is 37.6 Å². The van der Waals surface area contributed by atoms with E-state index in [0.29, 0.717) is 54.5 Å². The Labute approximate surface area is 378 Å². The number of amides is 6. The molecule has 4 aliphatic heterocycles. The van der Waals surface area contributed by atoms with Gasteiger partial charge >= 0.3 is 18.0 Å². The number of aromatic nitrogens is 4. The standard InChI is InChI=1S/C21H23ClFN5O3.C19H19ClFN5O4.CH5N.CH4/c1-3-19(29)13-6-20(30)27(10-13)17-8-24-28-9-12(2)26(11-18(17)28)21(31)25-14-4-5-16(23)15(22)7-14;1-10-7-26-16(15(6-22-26)25-8-11(18(28)29)4-17(25)27)9-24(10)19(30)23-12-2-3-14(21)13(20)5-12;1-2;/h4-5,7-8,12-13H,3,6,9-11H2,1-2H3,(H,25,31);2-3,5-6,10-11H,4,7-9H2,1H3,(H,23,30)(H,28,29);2H2,1H3;1H4/t12-,13?;10-,11?;;/m00../s1. The van der Waals surface area contributed by atoms with Gasteiger partial charge in [-0.2, -0.15) is 10.2 Å². The molecule has 344 valence electrons. The number of Topliss-reactive ketones (excluding diaryl/α,β-unsaturated/α-hetero) is 1. The molecule has 4 aliphatic rings. The quantitative estimate of drug-likeness (QED) is 0.164. The van der Waals surface area contributed by atoms with E-state index >= 15 is 0 Å². The van der Waals surface area contributed by atoms with Crippen molar-refractivity contribution in [3.63, 3.8) is 0 Å². The highest BCUT2D eigenvalue weighted by atomic mass is 35.5. The van der Waals surface area contributed by atoms with Crippen LogP contribution in [-0.2, 0) is 45.4 Å². The van der Waals surface area contributed by atoms with Gasteiger partial charge in [0.1, 0.15) is 17.4 Å². The predicted molar refractivity (Wildman–Crippen MR) is 236 cm³/mol. The lowest BCUT2D eigenvalue weighted by Crippen LogP contribution is -2.47. The number of halogens is 4. The molecular weight excluding hydrogens is 879 g/mol. The summed E-state index contributed by atoms with van der Waals surface area (Å²) in [6.07, 6.45) is 3.69. The number of carbonyl (C=O) groups is 6. The van der Waals surface area contributed by atoms with Crippen LogP contribution in [-0.4, -0.2) is 102 Å². The van der Waals surface area contributed by atoms with Gasteiger partial charge in [-0.3, -0.25) is 28.5 Å². The summed E-state index contributed by atoms with van der Waals surface area (Å²) < 4.78 is 30.3. The Hall–Kier alpha value is -6.12. The number of ketones is 1. The third-order valence-corrected chi connectivity index (χ3v) is 11.9. The largest absolute Gasteiger partial charge is 0.481 e. The smallest absolute Gasteiger partial charge is 0.322 e. The summed E-state index contributed by atoms with van der Waals surface area (Å²) in [5, 5.41) is 23.2. The molecule has 4 atom stereocenters. The fraction of sp³-hybridized carbons (Fsp3) is 0.429.